The summed E-state index contributed by atoms with van der Waals surface area (Å²) in [5.74, 6) is 4.63. The highest BCUT2D eigenvalue weighted by Crippen LogP contribution is 2.34. The second-order valence-electron chi connectivity index (χ2n) is 8.07. The molecular formula is C24H30N2O3S. The van der Waals surface area contributed by atoms with Gasteiger partial charge in [0.25, 0.3) is 0 Å². The summed E-state index contributed by atoms with van der Waals surface area (Å²) in [6.45, 7) is 4.43. The Labute approximate surface area is 183 Å². The Morgan fingerprint density at radius 1 is 1.10 bits per heavy atom. The van der Waals surface area contributed by atoms with Crippen LogP contribution in [0.4, 0.5) is 0 Å². The van der Waals surface area contributed by atoms with Gasteiger partial charge >= 0.3 is 0 Å². The van der Waals surface area contributed by atoms with Crippen LogP contribution in [0.5, 0.6) is 11.5 Å². The highest BCUT2D eigenvalue weighted by atomic mass is 32.2. The maximum atomic E-state index is 11.8. The summed E-state index contributed by atoms with van der Waals surface area (Å²) >= 11 is 2.02. The van der Waals surface area contributed by atoms with Crippen LogP contribution in [0.3, 0.4) is 0 Å². The summed E-state index contributed by atoms with van der Waals surface area (Å²) in [6, 6.07) is 14.5. The van der Waals surface area contributed by atoms with Crippen molar-refractivity contribution in [2.45, 2.75) is 13.0 Å². The van der Waals surface area contributed by atoms with Crippen LogP contribution < -0.4 is 9.47 Å². The average Bonchev–Trinajstić information content (AvgIpc) is 3.10. The van der Waals surface area contributed by atoms with Gasteiger partial charge in [0.1, 0.15) is 11.5 Å². The van der Waals surface area contributed by atoms with E-state index in [0.29, 0.717) is 13.0 Å². The third-order valence-electron chi connectivity index (χ3n) is 5.87. The van der Waals surface area contributed by atoms with Crippen molar-refractivity contribution < 1.29 is 14.3 Å². The highest BCUT2D eigenvalue weighted by Gasteiger charge is 2.27. The first kappa shape index (κ1) is 21.1. The number of methoxy groups -OCH3 is 1. The van der Waals surface area contributed by atoms with Crippen molar-refractivity contribution in [2.24, 2.45) is 5.92 Å². The van der Waals surface area contributed by atoms with Crippen molar-refractivity contribution in [2.75, 3.05) is 51.9 Å². The predicted molar refractivity (Wildman–Crippen MR) is 122 cm³/mol. The Hall–Kier alpha value is -2.18. The molecule has 4 rings (SSSR count). The fourth-order valence-electron chi connectivity index (χ4n) is 4.17. The number of ether oxygens (including phenoxy) is 2. The Morgan fingerprint density at radius 2 is 1.90 bits per heavy atom. The third kappa shape index (κ3) is 4.93. The molecule has 0 bridgehead atoms. The van der Waals surface area contributed by atoms with Gasteiger partial charge in [-0.2, -0.15) is 11.8 Å². The van der Waals surface area contributed by atoms with Crippen molar-refractivity contribution in [1.82, 2.24) is 9.80 Å². The standard InChI is InChI=1S/C24H30N2O3S/c1-25-15-18(13-24(25)27)17-29-22-8-7-19(21-5-3-4-6-23(21)28-2)14-20(22)16-26-9-11-30-12-10-26/h3-8,14,18H,9-13,15-17H2,1-2H3. The van der Waals surface area contributed by atoms with Gasteiger partial charge in [0.15, 0.2) is 0 Å². The largest absolute Gasteiger partial charge is 0.496 e. The van der Waals surface area contributed by atoms with E-state index in [4.69, 9.17) is 9.47 Å². The lowest BCUT2D eigenvalue weighted by Crippen LogP contribution is -2.32. The zero-order valence-corrected chi connectivity index (χ0v) is 18.6. The molecule has 2 heterocycles. The molecule has 2 saturated heterocycles. The zero-order valence-electron chi connectivity index (χ0n) is 17.8. The van der Waals surface area contributed by atoms with Crippen molar-refractivity contribution in [1.29, 1.82) is 0 Å². The Bertz CT molecular complexity index is 883. The number of para-hydroxylation sites is 1. The third-order valence-corrected chi connectivity index (χ3v) is 6.81. The predicted octanol–water partition coefficient (Wildman–Crippen LogP) is 3.77. The quantitative estimate of drug-likeness (QED) is 0.674. The van der Waals surface area contributed by atoms with E-state index in [2.05, 4.69) is 29.2 Å². The minimum Gasteiger partial charge on any atom is -0.496 e. The van der Waals surface area contributed by atoms with Gasteiger partial charge in [-0.05, 0) is 23.8 Å². The number of likely N-dealkylation sites (tertiary alicyclic amines) is 1. The van der Waals surface area contributed by atoms with E-state index in [0.717, 1.165) is 48.8 Å². The smallest absolute Gasteiger partial charge is 0.222 e. The van der Waals surface area contributed by atoms with Crippen molar-refractivity contribution in [3.63, 3.8) is 0 Å². The van der Waals surface area contributed by atoms with Crippen LogP contribution in [-0.2, 0) is 11.3 Å². The number of benzene rings is 2. The number of carbonyl (C=O) groups excluding carboxylic acids is 1. The maximum Gasteiger partial charge on any atom is 0.222 e. The molecule has 6 heteroatoms. The Kier molecular flexibility index (Phi) is 6.85. The van der Waals surface area contributed by atoms with E-state index >= 15 is 0 Å². The number of hydrogen-bond donors (Lipinski definition) is 0. The molecule has 2 aromatic carbocycles. The van der Waals surface area contributed by atoms with E-state index in [9.17, 15) is 4.79 Å². The van der Waals surface area contributed by atoms with Gasteiger partial charge in [-0.3, -0.25) is 9.69 Å². The molecule has 2 aliphatic heterocycles. The van der Waals surface area contributed by atoms with Gasteiger partial charge in [0.05, 0.1) is 13.7 Å². The summed E-state index contributed by atoms with van der Waals surface area (Å²) in [4.78, 5) is 16.1. The molecule has 0 saturated carbocycles. The Morgan fingerprint density at radius 3 is 2.63 bits per heavy atom. The second kappa shape index (κ2) is 9.75. The molecule has 0 aliphatic carbocycles. The molecular weight excluding hydrogens is 396 g/mol. The minimum absolute atomic E-state index is 0.209. The normalized spacial score (nSPS) is 19.9. The van der Waals surface area contributed by atoms with Crippen molar-refractivity contribution in [3.8, 4) is 22.6 Å². The fraction of sp³-hybridized carbons (Fsp3) is 0.458. The van der Waals surface area contributed by atoms with Crippen LogP contribution in [0.15, 0.2) is 42.5 Å². The molecule has 160 valence electrons. The van der Waals surface area contributed by atoms with Crippen LogP contribution in [0.25, 0.3) is 11.1 Å². The number of carbonyl (C=O) groups is 1. The lowest BCUT2D eigenvalue weighted by atomic mass is 10.0. The first-order chi connectivity index (χ1) is 14.6. The lowest BCUT2D eigenvalue weighted by Gasteiger charge is -2.27. The van der Waals surface area contributed by atoms with Gasteiger partial charge in [-0.15, -0.1) is 0 Å². The van der Waals surface area contributed by atoms with Crippen LogP contribution in [-0.4, -0.2) is 67.6 Å². The maximum absolute atomic E-state index is 11.8. The number of hydrogen-bond acceptors (Lipinski definition) is 5. The molecule has 1 amide bonds. The van der Waals surface area contributed by atoms with Crippen molar-refractivity contribution >= 4 is 17.7 Å². The van der Waals surface area contributed by atoms with Crippen LogP contribution in [0.2, 0.25) is 0 Å². The zero-order chi connectivity index (χ0) is 20.9. The molecule has 1 atom stereocenters. The molecule has 0 radical (unpaired) electrons. The van der Waals surface area contributed by atoms with Gasteiger partial charge in [-0.1, -0.05) is 24.3 Å². The number of thioether (sulfide) groups is 1. The summed E-state index contributed by atoms with van der Waals surface area (Å²) in [7, 11) is 3.58. The van der Waals surface area contributed by atoms with E-state index in [1.165, 1.54) is 17.1 Å². The summed E-state index contributed by atoms with van der Waals surface area (Å²) in [5, 5.41) is 0. The first-order valence-electron chi connectivity index (χ1n) is 10.6. The molecule has 2 fully saturated rings. The van der Waals surface area contributed by atoms with Gasteiger partial charge in [0, 0.05) is 68.2 Å². The number of rotatable bonds is 7. The molecule has 2 aliphatic rings. The average molecular weight is 427 g/mol. The van der Waals surface area contributed by atoms with Crippen molar-refractivity contribution in [3.05, 3.63) is 48.0 Å². The molecule has 2 aromatic rings. The SMILES string of the molecule is COc1ccccc1-c1ccc(OCC2CC(=O)N(C)C2)c(CN2CCSCC2)c1. The molecule has 0 aromatic heterocycles. The second-order valence-corrected chi connectivity index (χ2v) is 9.29. The topological polar surface area (TPSA) is 42.0 Å². The molecule has 0 N–H and O–H groups in total. The van der Waals surface area contributed by atoms with Gasteiger partial charge in [-0.25, -0.2) is 0 Å². The van der Waals surface area contributed by atoms with E-state index in [1.54, 1.807) is 12.0 Å². The number of amides is 1. The minimum atomic E-state index is 0.209. The Balaban J connectivity index is 1.57. The molecule has 0 spiro atoms. The van der Waals surface area contributed by atoms with Gasteiger partial charge < -0.3 is 14.4 Å². The fourth-order valence-corrected chi connectivity index (χ4v) is 5.15. The van der Waals surface area contributed by atoms with Crippen LogP contribution in [0, 0.1) is 5.92 Å². The number of nitrogens with zero attached hydrogens (tertiary/aromatic N) is 2. The molecule has 1 unspecified atom stereocenters. The van der Waals surface area contributed by atoms with Gasteiger partial charge in [0.2, 0.25) is 5.91 Å². The van der Waals surface area contributed by atoms with Crippen LogP contribution >= 0.6 is 11.8 Å². The van der Waals surface area contributed by atoms with E-state index in [-0.39, 0.29) is 11.8 Å². The molecule has 5 nitrogen and oxygen atoms in total. The first-order valence-corrected chi connectivity index (χ1v) is 11.7. The summed E-state index contributed by atoms with van der Waals surface area (Å²) in [5.41, 5.74) is 3.42. The monoisotopic (exact) mass is 426 g/mol. The molecule has 30 heavy (non-hydrogen) atoms. The van der Waals surface area contributed by atoms with E-state index < -0.39 is 0 Å². The highest BCUT2D eigenvalue weighted by molar-refractivity contribution is 7.99. The lowest BCUT2D eigenvalue weighted by molar-refractivity contribution is -0.126. The van der Waals surface area contributed by atoms with Crippen LogP contribution in [0.1, 0.15) is 12.0 Å². The van der Waals surface area contributed by atoms with E-state index in [1.807, 2.05) is 37.0 Å². The summed E-state index contributed by atoms with van der Waals surface area (Å²) in [6.07, 6.45) is 0.578. The summed E-state index contributed by atoms with van der Waals surface area (Å²) < 4.78 is 11.8.